The van der Waals surface area contributed by atoms with Crippen molar-refractivity contribution in [2.75, 3.05) is 7.11 Å². The summed E-state index contributed by atoms with van der Waals surface area (Å²) >= 11 is 0. The monoisotopic (exact) mass is 260 g/mol. The van der Waals surface area contributed by atoms with Crippen LogP contribution in [0.3, 0.4) is 0 Å². The zero-order valence-electron chi connectivity index (χ0n) is 10.5. The van der Waals surface area contributed by atoms with E-state index in [0.29, 0.717) is 22.5 Å². The fourth-order valence-corrected chi connectivity index (χ4v) is 1.77. The van der Waals surface area contributed by atoms with E-state index in [-0.39, 0.29) is 11.0 Å². The summed E-state index contributed by atoms with van der Waals surface area (Å²) in [5.41, 5.74) is 0.383. The molecule has 19 heavy (non-hydrogen) atoms. The average molecular weight is 260 g/mol. The molecule has 0 amide bonds. The van der Waals surface area contributed by atoms with Gasteiger partial charge in [-0.15, -0.1) is 0 Å². The summed E-state index contributed by atoms with van der Waals surface area (Å²) in [4.78, 5) is 22.7. The van der Waals surface area contributed by atoms with Crippen LogP contribution in [0.25, 0.3) is 17.0 Å². The van der Waals surface area contributed by atoms with Crippen LogP contribution in [0.4, 0.5) is 0 Å². The van der Waals surface area contributed by atoms with Gasteiger partial charge in [0.1, 0.15) is 17.1 Å². The SMILES string of the molecule is COc1ccc2c(=O)c(/C=C/C(=O)O)c(C)oc2c1. The lowest BCUT2D eigenvalue weighted by Gasteiger charge is -2.05. The van der Waals surface area contributed by atoms with E-state index in [1.54, 1.807) is 25.1 Å². The van der Waals surface area contributed by atoms with Crippen LogP contribution in [0, 0.1) is 6.92 Å². The van der Waals surface area contributed by atoms with E-state index in [1.165, 1.54) is 13.2 Å². The Morgan fingerprint density at radius 3 is 2.79 bits per heavy atom. The van der Waals surface area contributed by atoms with Gasteiger partial charge < -0.3 is 14.3 Å². The molecule has 1 heterocycles. The Hall–Kier alpha value is -2.56. The van der Waals surface area contributed by atoms with E-state index in [2.05, 4.69) is 0 Å². The van der Waals surface area contributed by atoms with Crippen molar-refractivity contribution < 1.29 is 19.1 Å². The second kappa shape index (κ2) is 4.97. The summed E-state index contributed by atoms with van der Waals surface area (Å²) in [7, 11) is 1.52. The van der Waals surface area contributed by atoms with Crippen molar-refractivity contribution in [3.63, 3.8) is 0 Å². The number of carboxylic acid groups (broad SMARTS) is 1. The number of carbonyl (C=O) groups is 1. The van der Waals surface area contributed by atoms with Gasteiger partial charge in [0, 0.05) is 12.1 Å². The number of rotatable bonds is 3. The predicted molar refractivity (Wildman–Crippen MR) is 70.4 cm³/mol. The van der Waals surface area contributed by atoms with Crippen LogP contribution in [-0.4, -0.2) is 18.2 Å². The van der Waals surface area contributed by atoms with E-state index in [0.717, 1.165) is 6.08 Å². The first kappa shape index (κ1) is 12.9. The number of carboxylic acids is 1. The molecule has 2 rings (SSSR count). The Bertz CT molecular complexity index is 724. The smallest absolute Gasteiger partial charge is 0.328 e. The van der Waals surface area contributed by atoms with E-state index in [9.17, 15) is 9.59 Å². The largest absolute Gasteiger partial charge is 0.497 e. The van der Waals surface area contributed by atoms with Crippen LogP contribution in [0.5, 0.6) is 5.75 Å². The second-order valence-electron chi connectivity index (χ2n) is 3.93. The van der Waals surface area contributed by atoms with Gasteiger partial charge in [-0.25, -0.2) is 4.79 Å². The van der Waals surface area contributed by atoms with Crippen molar-refractivity contribution in [1.82, 2.24) is 0 Å². The number of aliphatic carboxylic acids is 1. The molecule has 0 radical (unpaired) electrons. The maximum atomic E-state index is 12.2. The highest BCUT2D eigenvalue weighted by molar-refractivity contribution is 5.87. The molecule has 98 valence electrons. The summed E-state index contributed by atoms with van der Waals surface area (Å²) in [5.74, 6) is -0.166. The molecular formula is C14H12O5. The van der Waals surface area contributed by atoms with Crippen molar-refractivity contribution >= 4 is 23.0 Å². The molecule has 5 heteroatoms. The number of hydrogen-bond donors (Lipinski definition) is 1. The van der Waals surface area contributed by atoms with Crippen LogP contribution < -0.4 is 10.2 Å². The lowest BCUT2D eigenvalue weighted by molar-refractivity contribution is -0.131. The lowest BCUT2D eigenvalue weighted by atomic mass is 10.1. The molecule has 5 nitrogen and oxygen atoms in total. The van der Waals surface area contributed by atoms with Gasteiger partial charge in [0.2, 0.25) is 0 Å². The molecule has 0 saturated heterocycles. The van der Waals surface area contributed by atoms with Gasteiger partial charge in [-0.2, -0.15) is 0 Å². The first-order valence-corrected chi connectivity index (χ1v) is 5.55. The fourth-order valence-electron chi connectivity index (χ4n) is 1.77. The van der Waals surface area contributed by atoms with Crippen molar-refractivity contribution in [2.24, 2.45) is 0 Å². The molecule has 0 unspecified atom stereocenters. The Morgan fingerprint density at radius 1 is 1.42 bits per heavy atom. The molecule has 0 aliphatic rings. The van der Waals surface area contributed by atoms with E-state index in [4.69, 9.17) is 14.3 Å². The average Bonchev–Trinajstić information content (AvgIpc) is 2.37. The van der Waals surface area contributed by atoms with E-state index in [1.807, 2.05) is 0 Å². The summed E-state index contributed by atoms with van der Waals surface area (Å²) in [5, 5.41) is 8.99. The Kier molecular flexibility index (Phi) is 3.37. The lowest BCUT2D eigenvalue weighted by Crippen LogP contribution is -2.08. The zero-order chi connectivity index (χ0) is 14.0. The molecule has 0 atom stereocenters. The maximum absolute atomic E-state index is 12.2. The van der Waals surface area contributed by atoms with Crippen LogP contribution in [0.15, 0.2) is 33.5 Å². The minimum atomic E-state index is -1.12. The number of fused-ring (bicyclic) bond motifs is 1. The molecule has 1 N–H and O–H groups in total. The Morgan fingerprint density at radius 2 is 2.16 bits per heavy atom. The van der Waals surface area contributed by atoms with E-state index >= 15 is 0 Å². The highest BCUT2D eigenvalue weighted by Crippen LogP contribution is 2.21. The second-order valence-corrected chi connectivity index (χ2v) is 3.93. The quantitative estimate of drug-likeness (QED) is 0.856. The number of hydrogen-bond acceptors (Lipinski definition) is 4. The normalized spacial score (nSPS) is 11.1. The molecule has 0 saturated carbocycles. The molecule has 1 aromatic carbocycles. The van der Waals surface area contributed by atoms with Gasteiger partial charge in [-0.3, -0.25) is 4.79 Å². The summed E-state index contributed by atoms with van der Waals surface area (Å²) < 4.78 is 10.6. The minimum absolute atomic E-state index is 0.236. The predicted octanol–water partition coefficient (Wildman–Crippen LogP) is 2.21. The molecule has 1 aromatic heterocycles. The third kappa shape index (κ3) is 2.49. The molecule has 2 aromatic rings. The van der Waals surface area contributed by atoms with Crippen LogP contribution in [-0.2, 0) is 4.79 Å². The van der Waals surface area contributed by atoms with E-state index < -0.39 is 5.97 Å². The number of benzene rings is 1. The highest BCUT2D eigenvalue weighted by Gasteiger charge is 2.10. The highest BCUT2D eigenvalue weighted by atomic mass is 16.5. The van der Waals surface area contributed by atoms with Crippen molar-refractivity contribution in [1.29, 1.82) is 0 Å². The van der Waals surface area contributed by atoms with Gasteiger partial charge in [0.15, 0.2) is 5.43 Å². The number of methoxy groups -OCH3 is 1. The van der Waals surface area contributed by atoms with Crippen molar-refractivity contribution in [3.05, 3.63) is 45.8 Å². The molecule has 0 aliphatic carbocycles. The molecule has 0 bridgehead atoms. The topological polar surface area (TPSA) is 76.7 Å². The third-order valence-electron chi connectivity index (χ3n) is 2.71. The van der Waals surface area contributed by atoms with Crippen LogP contribution in [0.2, 0.25) is 0 Å². The minimum Gasteiger partial charge on any atom is -0.497 e. The Labute approximate surface area is 108 Å². The molecule has 0 aliphatic heterocycles. The summed E-state index contributed by atoms with van der Waals surface area (Å²) in [6.07, 6.45) is 2.15. The fraction of sp³-hybridized carbons (Fsp3) is 0.143. The van der Waals surface area contributed by atoms with Crippen molar-refractivity contribution in [3.8, 4) is 5.75 Å². The van der Waals surface area contributed by atoms with Gasteiger partial charge in [0.25, 0.3) is 0 Å². The Balaban J connectivity index is 2.69. The van der Waals surface area contributed by atoms with Crippen molar-refractivity contribution in [2.45, 2.75) is 6.92 Å². The molecular weight excluding hydrogens is 248 g/mol. The first-order chi connectivity index (χ1) is 9.02. The van der Waals surface area contributed by atoms with Gasteiger partial charge in [-0.1, -0.05) is 0 Å². The summed E-state index contributed by atoms with van der Waals surface area (Å²) in [6.45, 7) is 1.61. The van der Waals surface area contributed by atoms with Gasteiger partial charge >= 0.3 is 5.97 Å². The standard InChI is InChI=1S/C14H12O5/c1-8-10(5-6-13(15)16)14(17)11-4-3-9(18-2)7-12(11)19-8/h3-7H,1-2H3,(H,15,16)/b6-5+. The van der Waals surface area contributed by atoms with Gasteiger partial charge in [0.05, 0.1) is 18.1 Å². The number of aryl methyl sites for hydroxylation is 1. The first-order valence-electron chi connectivity index (χ1n) is 5.55. The van der Waals surface area contributed by atoms with Crippen LogP contribution >= 0.6 is 0 Å². The number of ether oxygens (including phenoxy) is 1. The molecule has 0 spiro atoms. The van der Waals surface area contributed by atoms with Gasteiger partial charge in [-0.05, 0) is 25.1 Å². The summed E-state index contributed by atoms with van der Waals surface area (Å²) in [6, 6.07) is 4.87. The zero-order valence-corrected chi connectivity index (χ0v) is 10.5. The molecule has 0 fully saturated rings. The maximum Gasteiger partial charge on any atom is 0.328 e. The third-order valence-corrected chi connectivity index (χ3v) is 2.71. The van der Waals surface area contributed by atoms with Crippen LogP contribution in [0.1, 0.15) is 11.3 Å².